The summed E-state index contributed by atoms with van der Waals surface area (Å²) in [5, 5.41) is 0. The van der Waals surface area contributed by atoms with Crippen molar-refractivity contribution in [1.29, 1.82) is 0 Å². The van der Waals surface area contributed by atoms with Crippen LogP contribution in [0.3, 0.4) is 0 Å². The van der Waals surface area contributed by atoms with E-state index in [0.717, 1.165) is 17.9 Å². The van der Waals surface area contributed by atoms with Gasteiger partial charge in [-0.2, -0.15) is 0 Å². The van der Waals surface area contributed by atoms with Gasteiger partial charge in [-0.15, -0.1) is 0 Å². The van der Waals surface area contributed by atoms with E-state index < -0.39 is 0 Å². The van der Waals surface area contributed by atoms with Crippen LogP contribution in [0.4, 0.5) is 11.6 Å². The number of aryl methyl sites for hydroxylation is 1. The van der Waals surface area contributed by atoms with Gasteiger partial charge in [-0.1, -0.05) is 43.7 Å². The first-order valence-corrected chi connectivity index (χ1v) is 7.11. The Bertz CT molecular complexity index is 609. The molecule has 0 aliphatic rings. The number of hydrogen-bond acceptors (Lipinski definition) is 5. The summed E-state index contributed by atoms with van der Waals surface area (Å²) < 4.78 is 0. The summed E-state index contributed by atoms with van der Waals surface area (Å²) in [6.45, 7) is 7.12. The van der Waals surface area contributed by atoms with Gasteiger partial charge in [-0.25, -0.2) is 15.8 Å². The van der Waals surface area contributed by atoms with Crippen LogP contribution in [0.2, 0.25) is 0 Å². The highest BCUT2D eigenvalue weighted by atomic mass is 15.3. The molecule has 0 unspecified atom stereocenters. The standard InChI is InChI=1S/C16H23N5/c1-11(2)14-15(20-17)18-10-19-16(14)21(4)9-13-7-5-6-12(3)8-13/h5-8,10-11H,9,17H2,1-4H3,(H,18,19,20). The average Bonchev–Trinajstić information content (AvgIpc) is 2.46. The highest BCUT2D eigenvalue weighted by Gasteiger charge is 2.17. The summed E-state index contributed by atoms with van der Waals surface area (Å²) in [6, 6.07) is 8.50. The molecule has 21 heavy (non-hydrogen) atoms. The maximum absolute atomic E-state index is 5.57. The Labute approximate surface area is 126 Å². The Morgan fingerprint density at radius 2 is 2.05 bits per heavy atom. The highest BCUT2D eigenvalue weighted by Crippen LogP contribution is 2.30. The van der Waals surface area contributed by atoms with Crippen molar-refractivity contribution >= 4 is 11.6 Å². The minimum Gasteiger partial charge on any atom is -0.355 e. The van der Waals surface area contributed by atoms with Crippen LogP contribution in [0.5, 0.6) is 0 Å². The topological polar surface area (TPSA) is 67.1 Å². The zero-order chi connectivity index (χ0) is 15.4. The number of rotatable bonds is 5. The van der Waals surface area contributed by atoms with Gasteiger partial charge in [-0.05, 0) is 18.4 Å². The Hall–Kier alpha value is -2.14. The van der Waals surface area contributed by atoms with Crippen LogP contribution in [-0.4, -0.2) is 17.0 Å². The molecule has 0 fully saturated rings. The quantitative estimate of drug-likeness (QED) is 0.653. The number of aromatic nitrogens is 2. The van der Waals surface area contributed by atoms with Gasteiger partial charge in [0.2, 0.25) is 0 Å². The summed E-state index contributed by atoms with van der Waals surface area (Å²) in [5.41, 5.74) is 6.22. The molecule has 0 spiro atoms. The minimum atomic E-state index is 0.284. The van der Waals surface area contributed by atoms with Crippen molar-refractivity contribution in [2.24, 2.45) is 5.84 Å². The van der Waals surface area contributed by atoms with Crippen molar-refractivity contribution in [3.05, 3.63) is 47.3 Å². The van der Waals surface area contributed by atoms with Crippen LogP contribution >= 0.6 is 0 Å². The summed E-state index contributed by atoms with van der Waals surface area (Å²) in [4.78, 5) is 10.8. The molecule has 0 aliphatic carbocycles. The second-order valence-corrected chi connectivity index (χ2v) is 5.60. The maximum atomic E-state index is 5.57. The molecule has 0 amide bonds. The van der Waals surface area contributed by atoms with E-state index in [1.54, 1.807) is 6.33 Å². The Morgan fingerprint density at radius 1 is 1.29 bits per heavy atom. The van der Waals surface area contributed by atoms with E-state index in [4.69, 9.17) is 5.84 Å². The number of hydrazine groups is 1. The first kappa shape index (κ1) is 15.3. The maximum Gasteiger partial charge on any atom is 0.148 e. The van der Waals surface area contributed by atoms with Gasteiger partial charge in [0.1, 0.15) is 18.0 Å². The van der Waals surface area contributed by atoms with E-state index >= 15 is 0 Å². The molecule has 0 saturated heterocycles. The van der Waals surface area contributed by atoms with Crippen LogP contribution in [0.1, 0.15) is 36.5 Å². The first-order valence-electron chi connectivity index (χ1n) is 7.11. The van der Waals surface area contributed by atoms with E-state index in [-0.39, 0.29) is 5.92 Å². The third-order valence-corrected chi connectivity index (χ3v) is 3.44. The number of nitrogens with zero attached hydrogens (tertiary/aromatic N) is 3. The summed E-state index contributed by atoms with van der Waals surface area (Å²) >= 11 is 0. The van der Waals surface area contributed by atoms with Gasteiger partial charge in [-0.3, -0.25) is 0 Å². The number of nitrogens with one attached hydrogen (secondary N) is 1. The fourth-order valence-electron chi connectivity index (χ4n) is 2.50. The number of hydrogen-bond donors (Lipinski definition) is 2. The number of benzene rings is 1. The normalized spacial score (nSPS) is 10.8. The lowest BCUT2D eigenvalue weighted by Crippen LogP contribution is -2.22. The van der Waals surface area contributed by atoms with Crippen molar-refractivity contribution in [2.75, 3.05) is 17.4 Å². The van der Waals surface area contributed by atoms with Gasteiger partial charge >= 0.3 is 0 Å². The Kier molecular flexibility index (Phi) is 4.75. The molecule has 3 N–H and O–H groups in total. The smallest absolute Gasteiger partial charge is 0.148 e. The van der Waals surface area contributed by atoms with Crippen LogP contribution in [0, 0.1) is 6.92 Å². The molecule has 2 rings (SSSR count). The highest BCUT2D eigenvalue weighted by molar-refractivity contribution is 5.59. The molecule has 5 heteroatoms. The summed E-state index contributed by atoms with van der Waals surface area (Å²) in [5.74, 6) is 7.45. The van der Waals surface area contributed by atoms with Crippen molar-refractivity contribution in [3.63, 3.8) is 0 Å². The lowest BCUT2D eigenvalue weighted by Gasteiger charge is -2.24. The van der Waals surface area contributed by atoms with Gasteiger partial charge < -0.3 is 10.3 Å². The van der Waals surface area contributed by atoms with Gasteiger partial charge in [0, 0.05) is 19.2 Å². The molecule has 1 aromatic carbocycles. The molecule has 0 bridgehead atoms. The SMILES string of the molecule is Cc1cccc(CN(C)c2ncnc(NN)c2C(C)C)c1. The van der Waals surface area contributed by atoms with Crippen LogP contribution in [0.25, 0.3) is 0 Å². The predicted molar refractivity (Wildman–Crippen MR) is 87.2 cm³/mol. The van der Waals surface area contributed by atoms with Crippen molar-refractivity contribution in [1.82, 2.24) is 9.97 Å². The number of nitrogens with two attached hydrogens (primary N) is 1. The molecule has 1 heterocycles. The minimum absolute atomic E-state index is 0.284. The molecule has 2 aromatic rings. The van der Waals surface area contributed by atoms with Crippen LogP contribution < -0.4 is 16.2 Å². The zero-order valence-electron chi connectivity index (χ0n) is 13.1. The van der Waals surface area contributed by atoms with Crippen LogP contribution in [-0.2, 0) is 6.54 Å². The second kappa shape index (κ2) is 6.54. The van der Waals surface area contributed by atoms with Crippen molar-refractivity contribution in [3.8, 4) is 0 Å². The average molecular weight is 285 g/mol. The first-order chi connectivity index (χ1) is 10.0. The molecule has 0 aliphatic heterocycles. The third kappa shape index (κ3) is 3.49. The predicted octanol–water partition coefficient (Wildman–Crippen LogP) is 2.83. The van der Waals surface area contributed by atoms with E-state index in [1.807, 2.05) is 7.05 Å². The molecule has 112 valence electrons. The fraction of sp³-hybridized carbons (Fsp3) is 0.375. The molecule has 0 atom stereocenters. The van der Waals surface area contributed by atoms with Gasteiger partial charge in [0.15, 0.2) is 0 Å². The Balaban J connectivity index is 2.32. The van der Waals surface area contributed by atoms with Gasteiger partial charge in [0.25, 0.3) is 0 Å². The lowest BCUT2D eigenvalue weighted by atomic mass is 10.0. The number of anilines is 2. The van der Waals surface area contributed by atoms with E-state index in [0.29, 0.717) is 5.82 Å². The van der Waals surface area contributed by atoms with E-state index in [2.05, 4.69) is 65.3 Å². The molecule has 0 radical (unpaired) electrons. The summed E-state index contributed by atoms with van der Waals surface area (Å²) in [6.07, 6.45) is 1.54. The summed E-state index contributed by atoms with van der Waals surface area (Å²) in [7, 11) is 2.04. The largest absolute Gasteiger partial charge is 0.355 e. The molecular formula is C16H23N5. The second-order valence-electron chi connectivity index (χ2n) is 5.60. The lowest BCUT2D eigenvalue weighted by molar-refractivity contribution is 0.809. The van der Waals surface area contributed by atoms with Crippen molar-refractivity contribution < 1.29 is 0 Å². The van der Waals surface area contributed by atoms with Gasteiger partial charge in [0.05, 0.1) is 0 Å². The fourth-order valence-corrected chi connectivity index (χ4v) is 2.50. The molecule has 5 nitrogen and oxygen atoms in total. The van der Waals surface area contributed by atoms with Crippen molar-refractivity contribution in [2.45, 2.75) is 33.2 Å². The van der Waals surface area contributed by atoms with Crippen LogP contribution in [0.15, 0.2) is 30.6 Å². The molecular weight excluding hydrogens is 262 g/mol. The molecule has 1 aromatic heterocycles. The monoisotopic (exact) mass is 285 g/mol. The van der Waals surface area contributed by atoms with E-state index in [9.17, 15) is 0 Å². The zero-order valence-corrected chi connectivity index (χ0v) is 13.1. The molecule has 0 saturated carbocycles. The van der Waals surface area contributed by atoms with E-state index in [1.165, 1.54) is 11.1 Å². The Morgan fingerprint density at radius 3 is 2.67 bits per heavy atom. The number of nitrogen functional groups attached to an aromatic ring is 1. The third-order valence-electron chi connectivity index (χ3n) is 3.44.